The molecule has 1 amide bonds. The Balaban J connectivity index is 1.40. The molecule has 1 aromatic carbocycles. The van der Waals surface area contributed by atoms with E-state index in [4.69, 9.17) is 4.74 Å². The first-order valence-electron chi connectivity index (χ1n) is 9.62. The summed E-state index contributed by atoms with van der Waals surface area (Å²) in [4.78, 5) is 27.2. The van der Waals surface area contributed by atoms with Gasteiger partial charge in [-0.25, -0.2) is 0 Å². The van der Waals surface area contributed by atoms with Crippen LogP contribution in [0.25, 0.3) is 0 Å². The maximum atomic E-state index is 12.7. The average molecular weight is 367 g/mol. The molecular weight excluding hydrogens is 342 g/mol. The van der Waals surface area contributed by atoms with Gasteiger partial charge in [0.2, 0.25) is 5.91 Å². The van der Waals surface area contributed by atoms with Crippen molar-refractivity contribution in [3.8, 4) is 5.75 Å². The molecule has 1 aromatic heterocycles. The normalized spacial score (nSPS) is 22.3. The van der Waals surface area contributed by atoms with Gasteiger partial charge in [0.25, 0.3) is 0 Å². The number of para-hydroxylation sites is 1. The van der Waals surface area contributed by atoms with E-state index in [1.807, 2.05) is 47.0 Å². The number of nitrogens with zero attached hydrogens (tertiary/aromatic N) is 3. The van der Waals surface area contributed by atoms with Gasteiger partial charge < -0.3 is 9.64 Å². The Morgan fingerprint density at radius 2 is 2.07 bits per heavy atom. The van der Waals surface area contributed by atoms with Crippen molar-refractivity contribution >= 4 is 11.7 Å². The molecule has 0 N–H and O–H groups in total. The summed E-state index contributed by atoms with van der Waals surface area (Å²) >= 11 is 0. The van der Waals surface area contributed by atoms with E-state index in [9.17, 15) is 9.59 Å². The Morgan fingerprint density at radius 3 is 2.89 bits per heavy atom. The van der Waals surface area contributed by atoms with Gasteiger partial charge in [-0.1, -0.05) is 12.1 Å². The second kappa shape index (κ2) is 7.18. The summed E-state index contributed by atoms with van der Waals surface area (Å²) in [5.74, 6) is 0.994. The Kier molecular flexibility index (Phi) is 4.72. The summed E-state index contributed by atoms with van der Waals surface area (Å²) in [5.41, 5.74) is 1.27. The number of carbonyl (C=O) groups excluding carboxylic acids is 2. The average Bonchev–Trinajstić information content (AvgIpc) is 2.96. The van der Waals surface area contributed by atoms with Gasteiger partial charge >= 0.3 is 0 Å². The second-order valence-corrected chi connectivity index (χ2v) is 7.56. The predicted molar refractivity (Wildman–Crippen MR) is 101 cm³/mol. The number of carbonyl (C=O) groups is 2. The van der Waals surface area contributed by atoms with Gasteiger partial charge in [-0.3, -0.25) is 14.3 Å². The highest BCUT2D eigenvalue weighted by Gasteiger charge is 2.41. The minimum atomic E-state index is -0.470. The first kappa shape index (κ1) is 17.8. The van der Waals surface area contributed by atoms with Crippen molar-refractivity contribution in [1.82, 2.24) is 14.7 Å². The summed E-state index contributed by atoms with van der Waals surface area (Å²) in [6.45, 7) is 1.37. The SMILES string of the molecule is Cn1nccc1CCC(=O)N1CCCC2(CC1)CC(=O)c1ccccc1O2. The zero-order chi connectivity index (χ0) is 18.9. The lowest BCUT2D eigenvalue weighted by molar-refractivity contribution is -0.131. The highest BCUT2D eigenvalue weighted by molar-refractivity contribution is 6.00. The van der Waals surface area contributed by atoms with E-state index in [0.717, 1.165) is 25.1 Å². The van der Waals surface area contributed by atoms with Gasteiger partial charge in [-0.15, -0.1) is 0 Å². The molecule has 27 heavy (non-hydrogen) atoms. The van der Waals surface area contributed by atoms with Gasteiger partial charge in [0, 0.05) is 44.9 Å². The van der Waals surface area contributed by atoms with Gasteiger partial charge in [-0.05, 0) is 37.5 Å². The molecule has 2 aliphatic heterocycles. The van der Waals surface area contributed by atoms with Crippen LogP contribution in [0.15, 0.2) is 36.5 Å². The molecule has 1 spiro atoms. The molecule has 3 heterocycles. The fourth-order valence-electron chi connectivity index (χ4n) is 4.18. The van der Waals surface area contributed by atoms with Crippen molar-refractivity contribution in [2.75, 3.05) is 13.1 Å². The number of aryl methyl sites for hydroxylation is 2. The lowest BCUT2D eigenvalue weighted by Crippen LogP contribution is -2.43. The number of aromatic nitrogens is 2. The molecule has 0 radical (unpaired) electrons. The predicted octanol–water partition coefficient (Wildman–Crippen LogP) is 2.77. The third kappa shape index (κ3) is 3.61. The number of fused-ring (bicyclic) bond motifs is 1. The van der Waals surface area contributed by atoms with Crippen LogP contribution >= 0.6 is 0 Å². The lowest BCUT2D eigenvalue weighted by atomic mass is 9.84. The van der Waals surface area contributed by atoms with Crippen LogP contribution in [-0.2, 0) is 18.3 Å². The fourth-order valence-corrected chi connectivity index (χ4v) is 4.18. The molecule has 4 rings (SSSR count). The molecule has 0 aliphatic carbocycles. The number of ketones is 1. The van der Waals surface area contributed by atoms with E-state index in [1.54, 1.807) is 6.20 Å². The number of hydrogen-bond acceptors (Lipinski definition) is 4. The largest absolute Gasteiger partial charge is 0.486 e. The summed E-state index contributed by atoms with van der Waals surface area (Å²) in [7, 11) is 1.89. The van der Waals surface area contributed by atoms with Crippen molar-refractivity contribution in [3.05, 3.63) is 47.8 Å². The first-order valence-corrected chi connectivity index (χ1v) is 9.62. The maximum Gasteiger partial charge on any atom is 0.222 e. The summed E-state index contributed by atoms with van der Waals surface area (Å²) in [6, 6.07) is 9.42. The van der Waals surface area contributed by atoms with Gasteiger partial charge in [0.15, 0.2) is 5.78 Å². The Hall–Kier alpha value is -2.63. The molecule has 2 aliphatic rings. The van der Waals surface area contributed by atoms with E-state index in [-0.39, 0.29) is 11.7 Å². The zero-order valence-electron chi connectivity index (χ0n) is 15.7. The van der Waals surface area contributed by atoms with Gasteiger partial charge in [0.05, 0.1) is 12.0 Å². The standard InChI is InChI=1S/C21H25N3O3/c1-23-16(9-12-22-23)7-8-20(26)24-13-4-10-21(11-14-24)15-18(25)17-5-2-3-6-19(17)27-21/h2-3,5-6,9,12H,4,7-8,10-11,13-15H2,1H3. The van der Waals surface area contributed by atoms with E-state index < -0.39 is 5.60 Å². The zero-order valence-corrected chi connectivity index (χ0v) is 15.7. The van der Waals surface area contributed by atoms with Crippen molar-refractivity contribution in [2.45, 2.75) is 44.1 Å². The molecule has 0 saturated carbocycles. The van der Waals surface area contributed by atoms with Crippen LogP contribution in [0, 0.1) is 0 Å². The van der Waals surface area contributed by atoms with E-state index >= 15 is 0 Å². The third-order valence-corrected chi connectivity index (χ3v) is 5.76. The number of benzene rings is 1. The Bertz CT molecular complexity index is 860. The van der Waals surface area contributed by atoms with Crippen LogP contribution < -0.4 is 4.74 Å². The molecular formula is C21H25N3O3. The van der Waals surface area contributed by atoms with Crippen LogP contribution in [0.5, 0.6) is 5.75 Å². The first-order chi connectivity index (χ1) is 13.1. The number of ether oxygens (including phenoxy) is 1. The van der Waals surface area contributed by atoms with Crippen LogP contribution in [0.3, 0.4) is 0 Å². The number of rotatable bonds is 3. The molecule has 0 bridgehead atoms. The molecule has 6 heteroatoms. The van der Waals surface area contributed by atoms with Crippen molar-refractivity contribution in [3.63, 3.8) is 0 Å². The monoisotopic (exact) mass is 367 g/mol. The van der Waals surface area contributed by atoms with Crippen LogP contribution in [0.2, 0.25) is 0 Å². The smallest absolute Gasteiger partial charge is 0.222 e. The van der Waals surface area contributed by atoms with Crippen LogP contribution in [0.1, 0.15) is 48.2 Å². The second-order valence-electron chi connectivity index (χ2n) is 7.56. The number of Topliss-reactive ketones (excluding diaryl/α,β-unsaturated/α-hetero) is 1. The highest BCUT2D eigenvalue weighted by Crippen LogP contribution is 2.39. The Morgan fingerprint density at radius 1 is 1.22 bits per heavy atom. The Labute approximate surface area is 159 Å². The molecule has 1 fully saturated rings. The molecule has 1 atom stereocenters. The van der Waals surface area contributed by atoms with E-state index in [1.165, 1.54) is 0 Å². The molecule has 142 valence electrons. The third-order valence-electron chi connectivity index (χ3n) is 5.76. The molecule has 2 aromatic rings. The molecule has 6 nitrogen and oxygen atoms in total. The van der Waals surface area contributed by atoms with E-state index in [0.29, 0.717) is 43.5 Å². The van der Waals surface area contributed by atoms with Gasteiger partial charge in [-0.2, -0.15) is 5.10 Å². The minimum absolute atomic E-state index is 0.146. The van der Waals surface area contributed by atoms with Gasteiger partial charge in [0.1, 0.15) is 11.4 Å². The quantitative estimate of drug-likeness (QED) is 0.837. The van der Waals surface area contributed by atoms with Crippen molar-refractivity contribution < 1.29 is 14.3 Å². The lowest BCUT2D eigenvalue weighted by Gasteiger charge is -2.37. The number of likely N-dealkylation sites (tertiary alicyclic amines) is 1. The summed E-state index contributed by atoms with van der Waals surface area (Å²) in [5, 5.41) is 4.15. The van der Waals surface area contributed by atoms with Crippen molar-refractivity contribution in [1.29, 1.82) is 0 Å². The topological polar surface area (TPSA) is 64.4 Å². The highest BCUT2D eigenvalue weighted by atomic mass is 16.5. The molecule has 1 saturated heterocycles. The fraction of sp³-hybridized carbons (Fsp3) is 0.476. The molecule has 1 unspecified atom stereocenters. The summed E-state index contributed by atoms with van der Waals surface area (Å²) < 4.78 is 8.11. The summed E-state index contributed by atoms with van der Waals surface area (Å²) in [6.07, 6.45) is 5.69. The maximum absolute atomic E-state index is 12.7. The van der Waals surface area contributed by atoms with Crippen molar-refractivity contribution in [2.24, 2.45) is 7.05 Å². The van der Waals surface area contributed by atoms with Crippen LogP contribution in [-0.4, -0.2) is 45.1 Å². The van der Waals surface area contributed by atoms with Crippen LogP contribution in [0.4, 0.5) is 0 Å². The minimum Gasteiger partial charge on any atom is -0.486 e. The number of hydrogen-bond donors (Lipinski definition) is 0. The number of amides is 1. The van der Waals surface area contributed by atoms with E-state index in [2.05, 4.69) is 5.10 Å².